The Morgan fingerprint density at radius 1 is 1.28 bits per heavy atom. The summed E-state index contributed by atoms with van der Waals surface area (Å²) in [6.45, 7) is 10.7. The van der Waals surface area contributed by atoms with Gasteiger partial charge in [0.15, 0.2) is 0 Å². The van der Waals surface area contributed by atoms with Crippen molar-refractivity contribution in [3.63, 3.8) is 0 Å². The Kier molecular flexibility index (Phi) is 4.54. The summed E-state index contributed by atoms with van der Waals surface area (Å²) in [6, 6.07) is 0. The predicted molar refractivity (Wildman–Crippen MR) is 81.4 cm³/mol. The molecule has 0 unspecified atom stereocenters. The van der Waals surface area contributed by atoms with E-state index in [4.69, 9.17) is 4.98 Å². The van der Waals surface area contributed by atoms with E-state index in [0.29, 0.717) is 5.92 Å². The van der Waals surface area contributed by atoms with Crippen LogP contribution in [-0.2, 0) is 6.54 Å². The van der Waals surface area contributed by atoms with Gasteiger partial charge in [-0.2, -0.15) is 11.3 Å². The average Bonchev–Trinajstić information content (AvgIpc) is 2.85. The maximum Gasteiger partial charge on any atom is 0.125 e. The van der Waals surface area contributed by atoms with Gasteiger partial charge in [0, 0.05) is 22.4 Å². The number of aryl methyl sites for hydroxylation is 2. The summed E-state index contributed by atoms with van der Waals surface area (Å²) >= 11 is 3.57. The summed E-state index contributed by atoms with van der Waals surface area (Å²) in [5, 5.41) is 9.02. The highest BCUT2D eigenvalue weighted by atomic mass is 32.1. The van der Waals surface area contributed by atoms with Gasteiger partial charge in [0.25, 0.3) is 0 Å². The van der Waals surface area contributed by atoms with Gasteiger partial charge in [0.1, 0.15) is 5.01 Å². The molecule has 0 bridgehead atoms. The number of nitrogens with one attached hydrogen (secondary N) is 1. The zero-order valence-corrected chi connectivity index (χ0v) is 13.0. The van der Waals surface area contributed by atoms with Crippen molar-refractivity contribution in [3.8, 4) is 10.6 Å². The normalized spacial score (nSPS) is 11.4. The maximum atomic E-state index is 4.70. The van der Waals surface area contributed by atoms with Crippen molar-refractivity contribution in [1.29, 1.82) is 0 Å². The van der Waals surface area contributed by atoms with Crippen LogP contribution in [0.2, 0.25) is 0 Å². The standard InChI is InChI=1S/C14H20N2S2/c1-9(2)5-15-6-13-11(4)16-14(18-13)12-8-17-7-10(12)3/h7-9,15H,5-6H2,1-4H3. The molecule has 98 valence electrons. The van der Waals surface area contributed by atoms with Gasteiger partial charge in [-0.1, -0.05) is 13.8 Å². The number of hydrogen-bond acceptors (Lipinski definition) is 4. The number of hydrogen-bond donors (Lipinski definition) is 1. The fourth-order valence-corrected chi connectivity index (χ4v) is 3.78. The van der Waals surface area contributed by atoms with E-state index in [1.807, 2.05) is 11.3 Å². The van der Waals surface area contributed by atoms with E-state index in [9.17, 15) is 0 Å². The van der Waals surface area contributed by atoms with Gasteiger partial charge >= 0.3 is 0 Å². The molecule has 0 fully saturated rings. The third-order valence-electron chi connectivity index (χ3n) is 2.82. The van der Waals surface area contributed by atoms with E-state index in [1.165, 1.54) is 16.0 Å². The highest BCUT2D eigenvalue weighted by Gasteiger charge is 2.11. The quantitative estimate of drug-likeness (QED) is 0.886. The molecule has 2 aromatic heterocycles. The van der Waals surface area contributed by atoms with Crippen LogP contribution in [0.3, 0.4) is 0 Å². The monoisotopic (exact) mass is 280 g/mol. The molecule has 0 atom stereocenters. The van der Waals surface area contributed by atoms with Crippen LogP contribution in [0, 0.1) is 19.8 Å². The molecule has 2 rings (SSSR count). The molecule has 2 aromatic rings. The Balaban J connectivity index is 2.10. The maximum absolute atomic E-state index is 4.70. The van der Waals surface area contributed by atoms with Gasteiger partial charge in [-0.3, -0.25) is 0 Å². The van der Waals surface area contributed by atoms with Gasteiger partial charge in [-0.25, -0.2) is 4.98 Å². The zero-order chi connectivity index (χ0) is 13.1. The zero-order valence-electron chi connectivity index (χ0n) is 11.4. The van der Waals surface area contributed by atoms with Gasteiger partial charge in [0.05, 0.1) is 5.69 Å². The van der Waals surface area contributed by atoms with Crippen LogP contribution in [0.5, 0.6) is 0 Å². The summed E-state index contributed by atoms with van der Waals surface area (Å²) in [7, 11) is 0. The predicted octanol–water partition coefficient (Wildman–Crippen LogP) is 4.23. The lowest BCUT2D eigenvalue weighted by Gasteiger charge is -2.05. The van der Waals surface area contributed by atoms with Gasteiger partial charge in [-0.05, 0) is 37.3 Å². The van der Waals surface area contributed by atoms with Crippen LogP contribution < -0.4 is 5.32 Å². The topological polar surface area (TPSA) is 24.9 Å². The van der Waals surface area contributed by atoms with Crippen LogP contribution in [0.4, 0.5) is 0 Å². The van der Waals surface area contributed by atoms with Crippen molar-refractivity contribution in [2.24, 2.45) is 5.92 Å². The SMILES string of the molecule is Cc1cscc1-c1nc(C)c(CNCC(C)C)s1. The van der Waals surface area contributed by atoms with E-state index in [2.05, 4.69) is 43.8 Å². The molecule has 18 heavy (non-hydrogen) atoms. The van der Waals surface area contributed by atoms with Crippen LogP contribution in [0.1, 0.15) is 30.0 Å². The highest BCUT2D eigenvalue weighted by molar-refractivity contribution is 7.15. The minimum absolute atomic E-state index is 0.691. The number of nitrogens with zero attached hydrogens (tertiary/aromatic N) is 1. The van der Waals surface area contributed by atoms with Crippen LogP contribution in [-0.4, -0.2) is 11.5 Å². The smallest absolute Gasteiger partial charge is 0.125 e. The first-order valence-corrected chi connectivity index (χ1v) is 8.04. The first-order valence-electron chi connectivity index (χ1n) is 6.28. The molecule has 0 radical (unpaired) electrons. The summed E-state index contributed by atoms with van der Waals surface area (Å²) < 4.78 is 0. The second kappa shape index (κ2) is 5.95. The second-order valence-corrected chi connectivity index (χ2v) is 6.85. The lowest BCUT2D eigenvalue weighted by molar-refractivity contribution is 0.554. The van der Waals surface area contributed by atoms with E-state index in [0.717, 1.165) is 23.8 Å². The van der Waals surface area contributed by atoms with Crippen LogP contribution >= 0.6 is 22.7 Å². The van der Waals surface area contributed by atoms with Gasteiger partial charge in [0.2, 0.25) is 0 Å². The average molecular weight is 280 g/mol. The molecule has 0 aliphatic heterocycles. The minimum Gasteiger partial charge on any atom is -0.312 e. The molecule has 2 heterocycles. The van der Waals surface area contributed by atoms with Crippen molar-refractivity contribution in [3.05, 3.63) is 26.9 Å². The number of thiophene rings is 1. The lowest BCUT2D eigenvalue weighted by Crippen LogP contribution is -2.18. The lowest BCUT2D eigenvalue weighted by atomic mass is 10.2. The van der Waals surface area contributed by atoms with Crippen LogP contribution in [0.15, 0.2) is 10.8 Å². The van der Waals surface area contributed by atoms with Crippen molar-refractivity contribution in [2.75, 3.05) is 6.54 Å². The first kappa shape index (κ1) is 13.7. The molecule has 0 amide bonds. The summed E-state index contributed by atoms with van der Waals surface area (Å²) in [5.74, 6) is 0.691. The Labute approximate surface area is 117 Å². The highest BCUT2D eigenvalue weighted by Crippen LogP contribution is 2.32. The molecule has 0 aliphatic rings. The van der Waals surface area contributed by atoms with E-state index >= 15 is 0 Å². The molecule has 0 saturated carbocycles. The minimum atomic E-state index is 0.691. The summed E-state index contributed by atoms with van der Waals surface area (Å²) in [5.41, 5.74) is 3.79. The van der Waals surface area contributed by atoms with Crippen LogP contribution in [0.25, 0.3) is 10.6 Å². The molecular weight excluding hydrogens is 260 g/mol. The molecule has 4 heteroatoms. The number of aromatic nitrogens is 1. The van der Waals surface area contributed by atoms with E-state index < -0.39 is 0 Å². The molecule has 0 aliphatic carbocycles. The number of thiazole rings is 1. The van der Waals surface area contributed by atoms with Crippen molar-refractivity contribution >= 4 is 22.7 Å². The molecule has 0 aromatic carbocycles. The van der Waals surface area contributed by atoms with Crippen molar-refractivity contribution in [2.45, 2.75) is 34.2 Å². The summed E-state index contributed by atoms with van der Waals surface area (Å²) in [4.78, 5) is 6.05. The molecule has 0 saturated heterocycles. The Bertz CT molecular complexity index is 512. The van der Waals surface area contributed by atoms with Gasteiger partial charge < -0.3 is 5.32 Å². The number of rotatable bonds is 5. The molecule has 2 nitrogen and oxygen atoms in total. The largest absolute Gasteiger partial charge is 0.312 e. The molecular formula is C14H20N2S2. The van der Waals surface area contributed by atoms with Crippen molar-refractivity contribution in [1.82, 2.24) is 10.3 Å². The van der Waals surface area contributed by atoms with E-state index in [1.54, 1.807) is 11.3 Å². The fourth-order valence-electron chi connectivity index (χ4n) is 1.76. The molecule has 1 N–H and O–H groups in total. The van der Waals surface area contributed by atoms with E-state index in [-0.39, 0.29) is 0 Å². The Morgan fingerprint density at radius 3 is 2.67 bits per heavy atom. The third kappa shape index (κ3) is 3.19. The Morgan fingerprint density at radius 2 is 2.06 bits per heavy atom. The third-order valence-corrected chi connectivity index (χ3v) is 4.87. The fraction of sp³-hybridized carbons (Fsp3) is 0.500. The van der Waals surface area contributed by atoms with Gasteiger partial charge in [-0.15, -0.1) is 11.3 Å². The second-order valence-electron chi connectivity index (χ2n) is 5.02. The first-order chi connectivity index (χ1) is 8.58. The Hall–Kier alpha value is -0.710. The van der Waals surface area contributed by atoms with Crippen molar-refractivity contribution < 1.29 is 0 Å². The molecule has 0 spiro atoms. The summed E-state index contributed by atoms with van der Waals surface area (Å²) in [6.07, 6.45) is 0.